The first-order valence-corrected chi connectivity index (χ1v) is 9.86. The summed E-state index contributed by atoms with van der Waals surface area (Å²) in [5, 5.41) is 0. The van der Waals surface area contributed by atoms with Crippen molar-refractivity contribution >= 4 is 17.5 Å². The van der Waals surface area contributed by atoms with Crippen molar-refractivity contribution in [3.05, 3.63) is 90.0 Å². The Morgan fingerprint density at radius 2 is 1.62 bits per heavy atom. The summed E-state index contributed by atoms with van der Waals surface area (Å²) in [6, 6.07) is 25.4. The van der Waals surface area contributed by atoms with Crippen molar-refractivity contribution in [3.63, 3.8) is 0 Å². The minimum Gasteiger partial charge on any atom is -0.325 e. The van der Waals surface area contributed by atoms with Gasteiger partial charge in [-0.05, 0) is 54.8 Å². The maximum atomic E-state index is 13.2. The number of piperazine rings is 1. The highest BCUT2D eigenvalue weighted by Gasteiger charge is 2.33. The normalized spacial score (nSPS) is 16.8. The summed E-state index contributed by atoms with van der Waals surface area (Å²) in [5.74, 6) is -0.159. The maximum absolute atomic E-state index is 13.2. The van der Waals surface area contributed by atoms with Crippen LogP contribution in [0.4, 0.5) is 5.69 Å². The molecule has 0 N–H and O–H groups in total. The summed E-state index contributed by atoms with van der Waals surface area (Å²) in [6.45, 7) is 4.58. The van der Waals surface area contributed by atoms with E-state index in [1.54, 1.807) is 9.80 Å². The fourth-order valence-corrected chi connectivity index (χ4v) is 3.80. The topological polar surface area (TPSA) is 40.6 Å². The largest absolute Gasteiger partial charge is 0.325 e. The van der Waals surface area contributed by atoms with Gasteiger partial charge in [0.1, 0.15) is 6.54 Å². The molecule has 4 rings (SSSR count). The van der Waals surface area contributed by atoms with Gasteiger partial charge in [-0.15, -0.1) is 0 Å². The molecule has 1 atom stereocenters. The SMILES string of the molecule is Cc1cccc(N2C[C@@H](C)N(C(=O)c3cccc(-c4ccccc4)c3)CC2=O)c1. The summed E-state index contributed by atoms with van der Waals surface area (Å²) in [4.78, 5) is 29.5. The predicted octanol–water partition coefficient (Wildman–Crippen LogP) is 4.54. The van der Waals surface area contributed by atoms with E-state index < -0.39 is 0 Å². The zero-order valence-corrected chi connectivity index (χ0v) is 16.7. The molecule has 29 heavy (non-hydrogen) atoms. The van der Waals surface area contributed by atoms with Crippen molar-refractivity contribution < 1.29 is 9.59 Å². The average molecular weight is 384 g/mol. The first-order chi connectivity index (χ1) is 14.0. The second-order valence-corrected chi connectivity index (χ2v) is 7.57. The van der Waals surface area contributed by atoms with Crippen LogP contribution in [0.2, 0.25) is 0 Å². The molecule has 1 aliphatic rings. The predicted molar refractivity (Wildman–Crippen MR) is 116 cm³/mol. The Morgan fingerprint density at radius 1 is 0.897 bits per heavy atom. The van der Waals surface area contributed by atoms with Gasteiger partial charge in [0.2, 0.25) is 5.91 Å². The third-order valence-corrected chi connectivity index (χ3v) is 5.38. The molecule has 4 heteroatoms. The molecule has 1 aliphatic heterocycles. The van der Waals surface area contributed by atoms with Crippen LogP contribution in [0.5, 0.6) is 0 Å². The molecule has 0 bridgehead atoms. The molecule has 0 radical (unpaired) electrons. The number of hydrogen-bond acceptors (Lipinski definition) is 2. The van der Waals surface area contributed by atoms with Crippen LogP contribution in [0, 0.1) is 6.92 Å². The minimum atomic E-state index is -0.104. The minimum absolute atomic E-state index is 0.0544. The molecule has 3 aromatic carbocycles. The Hall–Kier alpha value is -3.40. The Bertz CT molecular complexity index is 1050. The van der Waals surface area contributed by atoms with Crippen molar-refractivity contribution in [1.82, 2.24) is 4.90 Å². The summed E-state index contributed by atoms with van der Waals surface area (Å²) in [5.41, 5.74) is 4.67. The summed E-state index contributed by atoms with van der Waals surface area (Å²) in [7, 11) is 0. The second kappa shape index (κ2) is 7.92. The maximum Gasteiger partial charge on any atom is 0.254 e. The van der Waals surface area contributed by atoms with E-state index in [4.69, 9.17) is 0 Å². The quantitative estimate of drug-likeness (QED) is 0.665. The van der Waals surface area contributed by atoms with Crippen LogP contribution in [-0.4, -0.2) is 35.8 Å². The van der Waals surface area contributed by atoms with Gasteiger partial charge in [-0.2, -0.15) is 0 Å². The summed E-state index contributed by atoms with van der Waals surface area (Å²) < 4.78 is 0. The number of hydrogen-bond donors (Lipinski definition) is 0. The highest BCUT2D eigenvalue weighted by molar-refractivity contribution is 6.02. The van der Waals surface area contributed by atoms with Crippen molar-refractivity contribution in [1.29, 1.82) is 0 Å². The lowest BCUT2D eigenvalue weighted by molar-refractivity contribution is -0.121. The third-order valence-electron chi connectivity index (χ3n) is 5.38. The zero-order valence-electron chi connectivity index (χ0n) is 16.7. The number of carbonyl (C=O) groups excluding carboxylic acids is 2. The van der Waals surface area contributed by atoms with Gasteiger partial charge >= 0.3 is 0 Å². The van der Waals surface area contributed by atoms with Gasteiger partial charge in [-0.1, -0.05) is 54.6 Å². The van der Waals surface area contributed by atoms with Crippen LogP contribution >= 0.6 is 0 Å². The van der Waals surface area contributed by atoms with E-state index in [-0.39, 0.29) is 24.4 Å². The second-order valence-electron chi connectivity index (χ2n) is 7.57. The van der Waals surface area contributed by atoms with Gasteiger partial charge in [-0.25, -0.2) is 0 Å². The van der Waals surface area contributed by atoms with Gasteiger partial charge in [0.25, 0.3) is 5.91 Å². The van der Waals surface area contributed by atoms with E-state index in [2.05, 4.69) is 0 Å². The molecule has 0 aromatic heterocycles. The van der Waals surface area contributed by atoms with Crippen molar-refractivity contribution in [2.45, 2.75) is 19.9 Å². The van der Waals surface area contributed by atoms with Crippen LogP contribution in [-0.2, 0) is 4.79 Å². The van der Waals surface area contributed by atoms with Gasteiger partial charge in [0.15, 0.2) is 0 Å². The first-order valence-electron chi connectivity index (χ1n) is 9.86. The fraction of sp³-hybridized carbons (Fsp3) is 0.200. The molecule has 2 amide bonds. The molecule has 1 fully saturated rings. The molecule has 4 nitrogen and oxygen atoms in total. The van der Waals surface area contributed by atoms with E-state index in [0.717, 1.165) is 22.4 Å². The number of aryl methyl sites for hydroxylation is 1. The van der Waals surface area contributed by atoms with E-state index >= 15 is 0 Å². The Labute approximate surface area is 171 Å². The average Bonchev–Trinajstić information content (AvgIpc) is 2.75. The number of rotatable bonds is 3. The Kier molecular flexibility index (Phi) is 5.17. The smallest absolute Gasteiger partial charge is 0.254 e. The molecule has 0 saturated carbocycles. The molecular formula is C25H24N2O2. The van der Waals surface area contributed by atoms with Crippen LogP contribution in [0.3, 0.4) is 0 Å². The van der Waals surface area contributed by atoms with Gasteiger partial charge in [-0.3, -0.25) is 9.59 Å². The lowest BCUT2D eigenvalue weighted by Crippen LogP contribution is -2.57. The number of anilines is 1. The molecular weight excluding hydrogens is 360 g/mol. The molecule has 0 aliphatic carbocycles. The lowest BCUT2D eigenvalue weighted by atomic mass is 10.0. The van der Waals surface area contributed by atoms with Crippen molar-refractivity contribution in [3.8, 4) is 11.1 Å². The monoisotopic (exact) mass is 384 g/mol. The van der Waals surface area contributed by atoms with Gasteiger partial charge in [0.05, 0.1) is 0 Å². The number of carbonyl (C=O) groups is 2. The summed E-state index contributed by atoms with van der Waals surface area (Å²) >= 11 is 0. The van der Waals surface area contributed by atoms with E-state index in [1.807, 2.05) is 92.7 Å². The number of amides is 2. The van der Waals surface area contributed by atoms with Crippen molar-refractivity contribution in [2.24, 2.45) is 0 Å². The molecule has 3 aromatic rings. The highest BCUT2D eigenvalue weighted by Crippen LogP contribution is 2.24. The number of nitrogens with zero attached hydrogens (tertiary/aromatic N) is 2. The molecule has 146 valence electrons. The molecule has 0 spiro atoms. The fourth-order valence-electron chi connectivity index (χ4n) is 3.80. The lowest BCUT2D eigenvalue weighted by Gasteiger charge is -2.39. The molecule has 0 unspecified atom stereocenters. The van der Waals surface area contributed by atoms with E-state index in [1.165, 1.54) is 0 Å². The summed E-state index contributed by atoms with van der Waals surface area (Å²) in [6.07, 6.45) is 0. The van der Waals surface area contributed by atoms with E-state index in [9.17, 15) is 9.59 Å². The molecule has 1 saturated heterocycles. The van der Waals surface area contributed by atoms with Crippen LogP contribution < -0.4 is 4.90 Å². The Morgan fingerprint density at radius 3 is 2.38 bits per heavy atom. The van der Waals surface area contributed by atoms with Gasteiger partial charge < -0.3 is 9.80 Å². The zero-order chi connectivity index (χ0) is 20.4. The highest BCUT2D eigenvalue weighted by atomic mass is 16.2. The van der Waals surface area contributed by atoms with Gasteiger partial charge in [0, 0.05) is 23.8 Å². The van der Waals surface area contributed by atoms with Crippen LogP contribution in [0.1, 0.15) is 22.8 Å². The molecule has 1 heterocycles. The van der Waals surface area contributed by atoms with Crippen LogP contribution in [0.25, 0.3) is 11.1 Å². The Balaban J connectivity index is 1.55. The van der Waals surface area contributed by atoms with E-state index in [0.29, 0.717) is 12.1 Å². The third kappa shape index (κ3) is 3.92. The van der Waals surface area contributed by atoms with Crippen molar-refractivity contribution in [2.75, 3.05) is 18.0 Å². The standard InChI is InChI=1S/C25H24N2O2/c1-18-8-6-13-23(14-18)27-16-19(2)26(17-24(27)28)25(29)22-12-7-11-21(15-22)20-9-4-3-5-10-20/h3-15,19H,16-17H2,1-2H3/t19-/m1/s1. The number of benzene rings is 3. The first kappa shape index (κ1) is 18.9. The van der Waals surface area contributed by atoms with Crippen LogP contribution in [0.15, 0.2) is 78.9 Å².